The van der Waals surface area contributed by atoms with Crippen LogP contribution in [-0.2, 0) is 13.1 Å². The summed E-state index contributed by atoms with van der Waals surface area (Å²) < 4.78 is 6.04. The molecule has 3 aliphatic heterocycles. The van der Waals surface area contributed by atoms with Gasteiger partial charge in [0.2, 0.25) is 0 Å². The Kier molecular flexibility index (Phi) is 6.10. The van der Waals surface area contributed by atoms with E-state index in [0.717, 1.165) is 38.5 Å². The van der Waals surface area contributed by atoms with Crippen molar-refractivity contribution in [3.63, 3.8) is 0 Å². The summed E-state index contributed by atoms with van der Waals surface area (Å²) in [4.78, 5) is 7.82. The average molecular weight is 384 g/mol. The number of ether oxygens (including phenoxy) is 1. The third-order valence-electron chi connectivity index (χ3n) is 7.04. The van der Waals surface area contributed by atoms with E-state index >= 15 is 0 Å². The topological polar surface area (TPSA) is 19.0 Å². The van der Waals surface area contributed by atoms with Crippen molar-refractivity contribution in [3.05, 3.63) is 41.0 Å². The second-order valence-corrected chi connectivity index (χ2v) is 9.22. The summed E-state index contributed by atoms with van der Waals surface area (Å²) in [6.07, 6.45) is 4.97. The molecule has 0 aromatic heterocycles. The first kappa shape index (κ1) is 19.9. The molecular weight excluding hydrogens is 346 g/mol. The summed E-state index contributed by atoms with van der Waals surface area (Å²) in [6, 6.07) is 6.89. The second-order valence-electron chi connectivity index (χ2n) is 9.22. The van der Waals surface area contributed by atoms with Gasteiger partial charge in [0.1, 0.15) is 12.4 Å². The molecule has 0 saturated carbocycles. The first-order valence-electron chi connectivity index (χ1n) is 11.1. The smallest absolute Gasteiger partial charge is 0.123 e. The molecule has 0 N–H and O–H groups in total. The van der Waals surface area contributed by atoms with E-state index in [2.05, 4.69) is 59.7 Å². The maximum atomic E-state index is 6.04. The molecule has 0 radical (unpaired) electrons. The van der Waals surface area contributed by atoms with Crippen LogP contribution in [0.1, 0.15) is 44.7 Å². The molecule has 0 bridgehead atoms. The highest BCUT2D eigenvalue weighted by molar-refractivity contribution is 5.38. The van der Waals surface area contributed by atoms with Gasteiger partial charge in [-0.3, -0.25) is 9.80 Å². The Morgan fingerprint density at radius 1 is 1.11 bits per heavy atom. The molecular formula is C24H37N3O. The van der Waals surface area contributed by atoms with E-state index < -0.39 is 0 Å². The molecule has 3 heterocycles. The van der Waals surface area contributed by atoms with Crippen molar-refractivity contribution in [1.29, 1.82) is 0 Å². The molecule has 1 atom stereocenters. The normalized spacial score (nSPS) is 27.2. The number of fused-ring (bicyclic) bond motifs is 1. The summed E-state index contributed by atoms with van der Waals surface area (Å²) >= 11 is 0. The molecule has 0 aliphatic carbocycles. The zero-order valence-electron chi connectivity index (χ0n) is 18.0. The standard InChI is InChI=1S/C24H37N3O/c1-4-20(3)15-26-12-13-28-23-7-6-21(14-22(23)17-26)16-27-11-9-24(19-27)8-10-25(5-2)18-24/h4,6-7,14H,5,8-13,15-19H2,1-3H3/b20-4+. The van der Waals surface area contributed by atoms with Crippen molar-refractivity contribution in [2.75, 3.05) is 52.4 Å². The number of likely N-dealkylation sites (tertiary alicyclic amines) is 2. The van der Waals surface area contributed by atoms with E-state index in [-0.39, 0.29) is 0 Å². The molecule has 2 fully saturated rings. The maximum absolute atomic E-state index is 6.04. The van der Waals surface area contributed by atoms with Crippen LogP contribution in [0.15, 0.2) is 29.8 Å². The lowest BCUT2D eigenvalue weighted by atomic mass is 9.86. The van der Waals surface area contributed by atoms with Gasteiger partial charge in [-0.25, -0.2) is 0 Å². The molecule has 154 valence electrons. The Hall–Kier alpha value is -1.36. The highest BCUT2D eigenvalue weighted by atomic mass is 16.5. The minimum Gasteiger partial charge on any atom is -0.492 e. The van der Waals surface area contributed by atoms with Gasteiger partial charge in [-0.05, 0) is 69.4 Å². The van der Waals surface area contributed by atoms with Gasteiger partial charge < -0.3 is 9.64 Å². The molecule has 2 saturated heterocycles. The number of allylic oxidation sites excluding steroid dienone is 1. The fourth-order valence-electron chi connectivity index (χ4n) is 5.23. The van der Waals surface area contributed by atoms with Crippen LogP contribution in [0.5, 0.6) is 5.75 Å². The highest BCUT2D eigenvalue weighted by Gasteiger charge is 2.42. The zero-order chi connectivity index (χ0) is 19.6. The second kappa shape index (κ2) is 8.56. The van der Waals surface area contributed by atoms with Crippen LogP contribution in [0.25, 0.3) is 0 Å². The predicted molar refractivity (Wildman–Crippen MR) is 116 cm³/mol. The quantitative estimate of drug-likeness (QED) is 0.721. The van der Waals surface area contributed by atoms with E-state index in [9.17, 15) is 0 Å². The lowest BCUT2D eigenvalue weighted by molar-refractivity contribution is 0.239. The lowest BCUT2D eigenvalue weighted by Crippen LogP contribution is -2.30. The molecule has 4 heteroatoms. The summed E-state index contributed by atoms with van der Waals surface area (Å²) in [5, 5.41) is 0. The summed E-state index contributed by atoms with van der Waals surface area (Å²) in [5.41, 5.74) is 4.78. The maximum Gasteiger partial charge on any atom is 0.123 e. The van der Waals surface area contributed by atoms with Crippen LogP contribution >= 0.6 is 0 Å². The van der Waals surface area contributed by atoms with E-state index in [0.29, 0.717) is 5.41 Å². The van der Waals surface area contributed by atoms with Crippen LogP contribution in [0.3, 0.4) is 0 Å². The van der Waals surface area contributed by atoms with Crippen molar-refractivity contribution >= 4 is 0 Å². The minimum atomic E-state index is 0.561. The van der Waals surface area contributed by atoms with Gasteiger partial charge in [-0.2, -0.15) is 0 Å². The van der Waals surface area contributed by atoms with E-state index in [1.54, 1.807) is 0 Å². The van der Waals surface area contributed by atoms with Crippen LogP contribution in [-0.4, -0.2) is 67.1 Å². The molecule has 4 rings (SSSR count). The SMILES string of the molecule is C/C=C(\C)CN1CCOc2ccc(CN3CCC4(CCN(CC)C4)C3)cc2C1. The predicted octanol–water partition coefficient (Wildman–Crippen LogP) is 3.76. The molecule has 0 amide bonds. The van der Waals surface area contributed by atoms with Crippen LogP contribution in [0, 0.1) is 5.41 Å². The summed E-state index contributed by atoms with van der Waals surface area (Å²) in [7, 11) is 0. The van der Waals surface area contributed by atoms with Gasteiger partial charge in [0.05, 0.1) is 0 Å². The van der Waals surface area contributed by atoms with Crippen molar-refractivity contribution < 1.29 is 4.74 Å². The Balaban J connectivity index is 1.40. The minimum absolute atomic E-state index is 0.561. The zero-order valence-corrected chi connectivity index (χ0v) is 18.0. The van der Waals surface area contributed by atoms with Gasteiger partial charge in [0, 0.05) is 44.8 Å². The Morgan fingerprint density at radius 3 is 2.64 bits per heavy atom. The van der Waals surface area contributed by atoms with E-state index in [4.69, 9.17) is 4.74 Å². The van der Waals surface area contributed by atoms with Gasteiger partial charge >= 0.3 is 0 Å². The number of rotatable bonds is 5. The number of hydrogen-bond donors (Lipinski definition) is 0. The van der Waals surface area contributed by atoms with Crippen LogP contribution in [0.2, 0.25) is 0 Å². The van der Waals surface area contributed by atoms with Gasteiger partial charge in [-0.15, -0.1) is 0 Å². The molecule has 3 aliphatic rings. The van der Waals surface area contributed by atoms with Crippen LogP contribution in [0.4, 0.5) is 0 Å². The van der Waals surface area contributed by atoms with E-state index in [1.807, 2.05) is 0 Å². The number of benzene rings is 1. The fourth-order valence-corrected chi connectivity index (χ4v) is 5.23. The number of nitrogens with zero attached hydrogens (tertiary/aromatic N) is 3. The first-order valence-corrected chi connectivity index (χ1v) is 11.1. The number of hydrogen-bond acceptors (Lipinski definition) is 4. The highest BCUT2D eigenvalue weighted by Crippen LogP contribution is 2.40. The van der Waals surface area contributed by atoms with Crippen LogP contribution < -0.4 is 4.74 Å². The molecule has 4 nitrogen and oxygen atoms in total. The van der Waals surface area contributed by atoms with Crippen molar-refractivity contribution in [3.8, 4) is 5.75 Å². The van der Waals surface area contributed by atoms with Crippen molar-refractivity contribution in [2.24, 2.45) is 5.41 Å². The lowest BCUT2D eigenvalue weighted by Gasteiger charge is -2.25. The molecule has 1 unspecified atom stereocenters. The molecule has 1 aromatic rings. The average Bonchev–Trinajstić information content (AvgIpc) is 3.22. The fraction of sp³-hybridized carbons (Fsp3) is 0.667. The largest absolute Gasteiger partial charge is 0.492 e. The monoisotopic (exact) mass is 383 g/mol. The molecule has 28 heavy (non-hydrogen) atoms. The Morgan fingerprint density at radius 2 is 1.89 bits per heavy atom. The Labute approximate surface area is 171 Å². The van der Waals surface area contributed by atoms with Gasteiger partial charge in [0.25, 0.3) is 0 Å². The first-order chi connectivity index (χ1) is 13.6. The molecule has 1 aromatic carbocycles. The molecule has 1 spiro atoms. The van der Waals surface area contributed by atoms with Gasteiger partial charge in [-0.1, -0.05) is 24.6 Å². The van der Waals surface area contributed by atoms with E-state index in [1.165, 1.54) is 62.3 Å². The Bertz CT molecular complexity index is 716. The third-order valence-corrected chi connectivity index (χ3v) is 7.04. The van der Waals surface area contributed by atoms with Gasteiger partial charge in [0.15, 0.2) is 0 Å². The summed E-state index contributed by atoms with van der Waals surface area (Å²) in [5.74, 6) is 1.08. The van der Waals surface area contributed by atoms with Crippen molar-refractivity contribution in [1.82, 2.24) is 14.7 Å². The summed E-state index contributed by atoms with van der Waals surface area (Å²) in [6.45, 7) is 17.8. The third kappa shape index (κ3) is 4.45. The van der Waals surface area contributed by atoms with Crippen molar-refractivity contribution in [2.45, 2.75) is 46.7 Å².